The van der Waals surface area contributed by atoms with Crippen LogP contribution in [0.2, 0.25) is 0 Å². The van der Waals surface area contributed by atoms with Crippen LogP contribution in [0, 0.1) is 20.8 Å². The lowest BCUT2D eigenvalue weighted by Gasteiger charge is -2.12. The Kier molecular flexibility index (Phi) is 5.51. The maximum atomic E-state index is 12.7. The number of aryl methyl sites for hydroxylation is 3. The summed E-state index contributed by atoms with van der Waals surface area (Å²) >= 11 is 0. The highest BCUT2D eigenvalue weighted by molar-refractivity contribution is 7.92. The summed E-state index contributed by atoms with van der Waals surface area (Å²) in [5.74, 6) is -0.351. The number of rotatable bonds is 5. The van der Waals surface area contributed by atoms with E-state index in [9.17, 15) is 13.2 Å². The van der Waals surface area contributed by atoms with Gasteiger partial charge in [0.05, 0.1) is 4.90 Å². The number of sulfonamides is 1. The summed E-state index contributed by atoms with van der Waals surface area (Å²) in [7, 11) is -3.81. The van der Waals surface area contributed by atoms with Crippen molar-refractivity contribution in [1.29, 1.82) is 0 Å². The van der Waals surface area contributed by atoms with Crippen LogP contribution in [0.5, 0.6) is 0 Å². The van der Waals surface area contributed by atoms with Crippen molar-refractivity contribution in [1.82, 2.24) is 0 Å². The standard InChI is InChI=1S/C22H22N2O3S/c1-15-7-10-18(11-8-15)24-28(26,27)20-12-9-17(3)21(14-20)22(25)23-19-6-4-5-16(2)13-19/h4-14,24H,1-3H3,(H,23,25). The molecule has 0 aliphatic carbocycles. The first-order chi connectivity index (χ1) is 13.2. The Morgan fingerprint density at radius 2 is 1.50 bits per heavy atom. The van der Waals surface area contributed by atoms with E-state index in [4.69, 9.17) is 0 Å². The van der Waals surface area contributed by atoms with Gasteiger partial charge in [0, 0.05) is 16.9 Å². The number of hydrogen-bond acceptors (Lipinski definition) is 3. The van der Waals surface area contributed by atoms with Gasteiger partial charge in [-0.3, -0.25) is 9.52 Å². The lowest BCUT2D eigenvalue weighted by atomic mass is 10.1. The van der Waals surface area contributed by atoms with Crippen molar-refractivity contribution in [3.8, 4) is 0 Å². The van der Waals surface area contributed by atoms with Gasteiger partial charge in [-0.25, -0.2) is 8.42 Å². The third kappa shape index (κ3) is 4.58. The molecule has 0 saturated carbocycles. The Morgan fingerprint density at radius 1 is 0.786 bits per heavy atom. The normalized spacial score (nSPS) is 11.1. The van der Waals surface area contributed by atoms with E-state index in [2.05, 4.69) is 10.0 Å². The van der Waals surface area contributed by atoms with Gasteiger partial charge >= 0.3 is 0 Å². The number of nitrogens with one attached hydrogen (secondary N) is 2. The Hall–Kier alpha value is -3.12. The van der Waals surface area contributed by atoms with Crippen LogP contribution in [-0.2, 0) is 10.0 Å². The van der Waals surface area contributed by atoms with E-state index in [1.165, 1.54) is 12.1 Å². The molecule has 0 bridgehead atoms. The van der Waals surface area contributed by atoms with Gasteiger partial charge in [0.15, 0.2) is 0 Å². The molecule has 6 heteroatoms. The van der Waals surface area contributed by atoms with Gasteiger partial charge in [0.1, 0.15) is 0 Å². The molecule has 0 aliphatic heterocycles. The van der Waals surface area contributed by atoms with Gasteiger partial charge in [-0.1, -0.05) is 35.9 Å². The molecule has 0 atom stereocenters. The van der Waals surface area contributed by atoms with Crippen molar-refractivity contribution in [2.75, 3.05) is 10.0 Å². The van der Waals surface area contributed by atoms with E-state index < -0.39 is 10.0 Å². The third-order valence-corrected chi connectivity index (χ3v) is 5.72. The molecular formula is C22H22N2O3S. The second-order valence-corrected chi connectivity index (χ2v) is 8.45. The highest BCUT2D eigenvalue weighted by atomic mass is 32.2. The quantitative estimate of drug-likeness (QED) is 0.661. The summed E-state index contributed by atoms with van der Waals surface area (Å²) in [4.78, 5) is 12.7. The van der Waals surface area contributed by atoms with Gasteiger partial charge in [-0.2, -0.15) is 0 Å². The number of hydrogen-bond donors (Lipinski definition) is 2. The molecule has 0 aliphatic rings. The van der Waals surface area contributed by atoms with E-state index in [1.807, 2.05) is 44.2 Å². The second-order valence-electron chi connectivity index (χ2n) is 6.77. The summed E-state index contributed by atoms with van der Waals surface area (Å²) in [6.45, 7) is 5.64. The Labute approximate surface area is 165 Å². The molecule has 28 heavy (non-hydrogen) atoms. The van der Waals surface area contributed by atoms with E-state index in [1.54, 1.807) is 31.2 Å². The average molecular weight is 394 g/mol. The van der Waals surface area contributed by atoms with E-state index >= 15 is 0 Å². The van der Waals surface area contributed by atoms with Gasteiger partial charge in [-0.05, 0) is 68.3 Å². The van der Waals surface area contributed by atoms with Crippen LogP contribution < -0.4 is 10.0 Å². The van der Waals surface area contributed by atoms with Crippen molar-refractivity contribution in [3.05, 3.63) is 89.0 Å². The van der Waals surface area contributed by atoms with E-state index in [0.717, 1.165) is 11.1 Å². The average Bonchev–Trinajstić information content (AvgIpc) is 2.63. The Bertz CT molecular complexity index is 1120. The maximum Gasteiger partial charge on any atom is 0.261 e. The molecule has 0 aromatic heterocycles. The number of carbonyl (C=O) groups excluding carboxylic acids is 1. The Morgan fingerprint density at radius 3 is 2.18 bits per heavy atom. The lowest BCUT2D eigenvalue weighted by molar-refractivity contribution is 0.102. The summed E-state index contributed by atoms with van der Waals surface area (Å²) in [5, 5.41) is 2.82. The molecule has 3 rings (SSSR count). The van der Waals surface area contributed by atoms with Gasteiger partial charge in [-0.15, -0.1) is 0 Å². The molecular weight excluding hydrogens is 372 g/mol. The summed E-state index contributed by atoms with van der Waals surface area (Å²) < 4.78 is 28.0. The fraction of sp³-hybridized carbons (Fsp3) is 0.136. The van der Waals surface area contributed by atoms with Crippen LogP contribution in [0.1, 0.15) is 27.0 Å². The van der Waals surface area contributed by atoms with E-state index in [0.29, 0.717) is 22.5 Å². The molecule has 3 aromatic carbocycles. The fourth-order valence-electron chi connectivity index (χ4n) is 2.77. The van der Waals surface area contributed by atoms with Crippen LogP contribution in [0.3, 0.4) is 0 Å². The summed E-state index contributed by atoms with van der Waals surface area (Å²) in [6.07, 6.45) is 0. The van der Waals surface area contributed by atoms with Crippen LogP contribution in [-0.4, -0.2) is 14.3 Å². The molecule has 3 aromatic rings. The van der Waals surface area contributed by atoms with Crippen LogP contribution >= 0.6 is 0 Å². The van der Waals surface area contributed by atoms with Crippen molar-refractivity contribution >= 4 is 27.3 Å². The molecule has 0 saturated heterocycles. The van der Waals surface area contributed by atoms with Gasteiger partial charge in [0.2, 0.25) is 0 Å². The topological polar surface area (TPSA) is 75.3 Å². The molecule has 5 nitrogen and oxygen atoms in total. The third-order valence-electron chi connectivity index (χ3n) is 4.34. The number of carbonyl (C=O) groups is 1. The summed E-state index contributed by atoms with van der Waals surface area (Å²) in [6, 6.07) is 19.0. The number of benzene rings is 3. The summed E-state index contributed by atoms with van der Waals surface area (Å²) in [5.41, 5.74) is 4.20. The van der Waals surface area contributed by atoms with Crippen LogP contribution in [0.4, 0.5) is 11.4 Å². The SMILES string of the molecule is Cc1ccc(NS(=O)(=O)c2ccc(C)c(C(=O)Nc3cccc(C)c3)c2)cc1. The monoisotopic (exact) mass is 394 g/mol. The zero-order chi connectivity index (χ0) is 20.3. The van der Waals surface area contributed by atoms with Crippen molar-refractivity contribution in [2.45, 2.75) is 25.7 Å². The highest BCUT2D eigenvalue weighted by Gasteiger charge is 2.18. The van der Waals surface area contributed by atoms with E-state index in [-0.39, 0.29) is 10.8 Å². The minimum Gasteiger partial charge on any atom is -0.322 e. The van der Waals surface area contributed by atoms with Crippen LogP contribution in [0.15, 0.2) is 71.6 Å². The van der Waals surface area contributed by atoms with Gasteiger partial charge in [0.25, 0.3) is 15.9 Å². The number of amides is 1. The second kappa shape index (κ2) is 7.86. The first-order valence-corrected chi connectivity index (χ1v) is 10.3. The van der Waals surface area contributed by atoms with Crippen molar-refractivity contribution < 1.29 is 13.2 Å². The Balaban J connectivity index is 1.87. The van der Waals surface area contributed by atoms with Crippen LogP contribution in [0.25, 0.3) is 0 Å². The minimum atomic E-state index is -3.81. The minimum absolute atomic E-state index is 0.0352. The molecule has 0 radical (unpaired) electrons. The lowest BCUT2D eigenvalue weighted by Crippen LogP contribution is -2.17. The largest absolute Gasteiger partial charge is 0.322 e. The number of anilines is 2. The van der Waals surface area contributed by atoms with Crippen molar-refractivity contribution in [2.24, 2.45) is 0 Å². The predicted octanol–water partition coefficient (Wildman–Crippen LogP) is 4.66. The molecule has 0 fully saturated rings. The zero-order valence-electron chi connectivity index (χ0n) is 16.0. The first kappa shape index (κ1) is 19.6. The molecule has 144 valence electrons. The first-order valence-electron chi connectivity index (χ1n) is 8.83. The smallest absolute Gasteiger partial charge is 0.261 e. The predicted molar refractivity (Wildman–Crippen MR) is 112 cm³/mol. The zero-order valence-corrected chi connectivity index (χ0v) is 16.8. The molecule has 2 N–H and O–H groups in total. The molecule has 1 amide bonds. The molecule has 0 unspecified atom stereocenters. The van der Waals surface area contributed by atoms with Crippen molar-refractivity contribution in [3.63, 3.8) is 0 Å². The van der Waals surface area contributed by atoms with Gasteiger partial charge < -0.3 is 5.32 Å². The molecule has 0 heterocycles. The maximum absolute atomic E-state index is 12.7. The highest BCUT2D eigenvalue weighted by Crippen LogP contribution is 2.21. The fourth-order valence-corrected chi connectivity index (χ4v) is 3.85. The molecule has 0 spiro atoms.